The minimum absolute atomic E-state index is 0.0378. The van der Waals surface area contributed by atoms with Crippen LogP contribution in [-0.2, 0) is 4.79 Å². The van der Waals surface area contributed by atoms with Crippen LogP contribution in [-0.4, -0.2) is 45.1 Å². The van der Waals surface area contributed by atoms with Crippen LogP contribution < -0.4 is 15.4 Å². The molecule has 3 aliphatic carbocycles. The summed E-state index contributed by atoms with van der Waals surface area (Å²) in [4.78, 5) is 33.4. The van der Waals surface area contributed by atoms with E-state index >= 15 is 0 Å². The number of benzene rings is 1. The van der Waals surface area contributed by atoms with Crippen molar-refractivity contribution >= 4 is 23.4 Å². The largest absolute Gasteiger partial charge is 0.484 e. The van der Waals surface area contributed by atoms with Crippen LogP contribution in [0.1, 0.15) is 41.1 Å². The summed E-state index contributed by atoms with van der Waals surface area (Å²) in [5.74, 6) is -1.28. The number of aromatic nitrogens is 2. The van der Waals surface area contributed by atoms with Crippen LogP contribution in [0.3, 0.4) is 0 Å². The minimum Gasteiger partial charge on any atom is -0.484 e. The van der Waals surface area contributed by atoms with Crippen molar-refractivity contribution in [1.29, 1.82) is 0 Å². The number of ether oxygens (including phenoxy) is 1. The van der Waals surface area contributed by atoms with Crippen molar-refractivity contribution in [2.45, 2.75) is 44.8 Å². The van der Waals surface area contributed by atoms with Gasteiger partial charge in [0, 0.05) is 24.4 Å². The number of rotatable bonds is 6. The molecular formula is C22H22ClFN4O4. The van der Waals surface area contributed by atoms with Gasteiger partial charge in [-0.2, -0.15) is 0 Å². The number of nitrogens with one attached hydrogen (secondary N) is 2. The zero-order valence-corrected chi connectivity index (χ0v) is 18.3. The molecule has 8 nitrogen and oxygen atoms in total. The number of aryl methyl sites for hydroxylation is 2. The van der Waals surface area contributed by atoms with Crippen molar-refractivity contribution in [2.24, 2.45) is 0 Å². The maximum atomic E-state index is 13.5. The Kier molecular flexibility index (Phi) is 5.87. The van der Waals surface area contributed by atoms with E-state index in [0.29, 0.717) is 24.2 Å². The Morgan fingerprint density at radius 2 is 2.09 bits per heavy atom. The van der Waals surface area contributed by atoms with Crippen LogP contribution >= 0.6 is 11.6 Å². The van der Waals surface area contributed by atoms with Crippen LogP contribution in [0.4, 0.5) is 4.39 Å². The molecule has 10 heteroatoms. The Bertz CT molecular complexity index is 1130. The summed E-state index contributed by atoms with van der Waals surface area (Å²) >= 11 is 5.62. The van der Waals surface area contributed by atoms with Gasteiger partial charge in [-0.05, 0) is 44.4 Å². The average Bonchev–Trinajstić information content (AvgIpc) is 2.69. The lowest BCUT2D eigenvalue weighted by Gasteiger charge is -2.51. The summed E-state index contributed by atoms with van der Waals surface area (Å²) in [5.41, 5.74) is 2.25. The molecule has 1 fully saturated rings. The predicted octanol–water partition coefficient (Wildman–Crippen LogP) is 2.36. The first-order valence-corrected chi connectivity index (χ1v) is 10.4. The van der Waals surface area contributed by atoms with Gasteiger partial charge in [0.15, 0.2) is 6.61 Å². The van der Waals surface area contributed by atoms with E-state index in [0.717, 1.165) is 17.3 Å². The minimum atomic E-state index is -0.935. The zero-order chi connectivity index (χ0) is 23.0. The van der Waals surface area contributed by atoms with Gasteiger partial charge in [0.2, 0.25) is 0 Å². The summed E-state index contributed by atoms with van der Waals surface area (Å²) in [5, 5.41) is 16.2. The van der Waals surface area contributed by atoms with Crippen molar-refractivity contribution in [3.8, 4) is 5.75 Å². The number of aliphatic hydroxyl groups is 1. The van der Waals surface area contributed by atoms with E-state index in [9.17, 15) is 19.1 Å². The maximum absolute atomic E-state index is 13.5. The molecule has 168 valence electrons. The Hall–Kier alpha value is -3.04. The summed E-state index contributed by atoms with van der Waals surface area (Å²) in [6.45, 7) is 3.18. The molecular weight excluding hydrogens is 439 g/mol. The molecule has 1 unspecified atom stereocenters. The molecule has 2 amide bonds. The fourth-order valence-corrected chi connectivity index (χ4v) is 4.26. The highest BCUT2D eigenvalue weighted by atomic mass is 35.5. The monoisotopic (exact) mass is 460 g/mol. The lowest BCUT2D eigenvalue weighted by Crippen LogP contribution is -2.61. The molecule has 3 aliphatic rings. The molecule has 0 saturated heterocycles. The highest BCUT2D eigenvalue weighted by molar-refractivity contribution is 6.30. The first kappa shape index (κ1) is 22.2. The molecule has 1 aromatic carbocycles. The van der Waals surface area contributed by atoms with Crippen LogP contribution in [0.25, 0.3) is 0 Å². The summed E-state index contributed by atoms with van der Waals surface area (Å²) in [7, 11) is 0. The van der Waals surface area contributed by atoms with Crippen molar-refractivity contribution in [2.75, 3.05) is 6.61 Å². The van der Waals surface area contributed by atoms with Gasteiger partial charge in [-0.25, -0.2) is 9.37 Å². The zero-order valence-electron chi connectivity index (χ0n) is 17.5. The van der Waals surface area contributed by atoms with Crippen LogP contribution in [0.5, 0.6) is 5.75 Å². The summed E-state index contributed by atoms with van der Waals surface area (Å²) < 4.78 is 18.8. The molecule has 1 atom stereocenters. The number of amides is 2. The van der Waals surface area contributed by atoms with Crippen LogP contribution in [0.2, 0.25) is 5.02 Å². The Morgan fingerprint density at radius 3 is 2.75 bits per heavy atom. The molecule has 3 N–H and O–H groups in total. The standard InChI is InChI=1S/C22H22ClFN4O4/c1-11-9-25-19(12(2)26-11)21(31)28-22-6-13(7-22)20(17(29)8-22)27-18(30)10-32-14-3-4-15(23)16(24)5-14/h3-5,9,17,29H,6-8,10H2,1-2H3,(H,27,30)(H,28,31). The van der Waals surface area contributed by atoms with Gasteiger partial charge in [-0.3, -0.25) is 14.6 Å². The first-order chi connectivity index (χ1) is 15.2. The molecule has 5 rings (SSSR count). The van der Waals surface area contributed by atoms with E-state index in [4.69, 9.17) is 16.3 Å². The number of fused-ring (bicyclic) bond motifs is 2. The molecule has 1 heterocycles. The van der Waals surface area contributed by atoms with Crippen molar-refractivity contribution < 1.29 is 23.8 Å². The van der Waals surface area contributed by atoms with Gasteiger partial charge >= 0.3 is 0 Å². The second kappa shape index (κ2) is 8.48. The molecule has 0 spiro atoms. The maximum Gasteiger partial charge on any atom is 0.272 e. The molecule has 0 radical (unpaired) electrons. The van der Waals surface area contributed by atoms with Crippen LogP contribution in [0.15, 0.2) is 35.7 Å². The van der Waals surface area contributed by atoms with E-state index in [1.165, 1.54) is 18.3 Å². The number of carbonyl (C=O) groups excluding carboxylic acids is 2. The second-order valence-corrected chi connectivity index (χ2v) is 8.59. The fourth-order valence-electron chi connectivity index (χ4n) is 4.14. The highest BCUT2D eigenvalue weighted by Gasteiger charge is 2.50. The topological polar surface area (TPSA) is 113 Å². The Labute approximate surface area is 188 Å². The Morgan fingerprint density at radius 1 is 1.34 bits per heavy atom. The van der Waals surface area contributed by atoms with E-state index in [1.54, 1.807) is 13.8 Å². The van der Waals surface area contributed by atoms with E-state index in [-0.39, 0.29) is 35.4 Å². The van der Waals surface area contributed by atoms with E-state index in [2.05, 4.69) is 20.6 Å². The molecule has 0 aliphatic heterocycles. The molecule has 1 saturated carbocycles. The van der Waals surface area contributed by atoms with Crippen molar-refractivity contribution in [3.63, 3.8) is 0 Å². The quantitative estimate of drug-likeness (QED) is 0.610. The van der Waals surface area contributed by atoms with Gasteiger partial charge in [-0.15, -0.1) is 0 Å². The highest BCUT2D eigenvalue weighted by Crippen LogP contribution is 2.47. The van der Waals surface area contributed by atoms with Gasteiger partial charge in [0.05, 0.1) is 28.1 Å². The summed E-state index contributed by atoms with van der Waals surface area (Å²) in [6.07, 6.45) is 1.91. The lowest BCUT2D eigenvalue weighted by molar-refractivity contribution is -0.123. The fraction of sp³-hybridized carbons (Fsp3) is 0.364. The number of carbonyl (C=O) groups is 2. The number of hydrogen-bond acceptors (Lipinski definition) is 6. The van der Waals surface area contributed by atoms with E-state index in [1.807, 2.05) is 0 Å². The second-order valence-electron chi connectivity index (χ2n) is 8.18. The van der Waals surface area contributed by atoms with Gasteiger partial charge in [-0.1, -0.05) is 11.6 Å². The average molecular weight is 461 g/mol. The number of halogens is 2. The molecule has 2 aromatic rings. The number of nitrogens with zero attached hydrogens (tertiary/aromatic N) is 2. The third-order valence-electron chi connectivity index (χ3n) is 5.60. The van der Waals surface area contributed by atoms with Gasteiger partial charge < -0.3 is 20.5 Å². The van der Waals surface area contributed by atoms with Crippen molar-refractivity contribution in [1.82, 2.24) is 20.6 Å². The molecule has 32 heavy (non-hydrogen) atoms. The third-order valence-corrected chi connectivity index (χ3v) is 5.90. The normalized spacial score (nSPS) is 21.6. The van der Waals surface area contributed by atoms with Crippen molar-refractivity contribution in [3.05, 3.63) is 63.6 Å². The van der Waals surface area contributed by atoms with Gasteiger partial charge in [0.1, 0.15) is 17.3 Å². The predicted molar refractivity (Wildman–Crippen MR) is 114 cm³/mol. The smallest absolute Gasteiger partial charge is 0.272 e. The molecule has 2 bridgehead atoms. The lowest BCUT2D eigenvalue weighted by atomic mass is 9.63. The SMILES string of the molecule is Cc1cnc(C(=O)NC23CC(=C(NC(=O)COc4ccc(Cl)c(F)c4)C(O)C2)C3)c(C)n1. The Balaban J connectivity index is 1.35. The molecule has 1 aromatic heterocycles. The van der Waals surface area contributed by atoms with E-state index < -0.39 is 23.4 Å². The van der Waals surface area contributed by atoms with Crippen LogP contribution in [0, 0.1) is 19.7 Å². The first-order valence-electron chi connectivity index (χ1n) is 10.1. The number of hydrogen-bond donors (Lipinski definition) is 3. The summed E-state index contributed by atoms with van der Waals surface area (Å²) in [6, 6.07) is 3.89. The number of aliphatic hydroxyl groups excluding tert-OH is 1. The van der Waals surface area contributed by atoms with Gasteiger partial charge in [0.25, 0.3) is 11.8 Å². The third kappa shape index (κ3) is 4.44.